The van der Waals surface area contributed by atoms with Gasteiger partial charge in [-0.05, 0) is 49.1 Å². The first-order valence-corrected chi connectivity index (χ1v) is 10.5. The van der Waals surface area contributed by atoms with Crippen molar-refractivity contribution in [1.82, 2.24) is 25.1 Å². The third-order valence-electron chi connectivity index (χ3n) is 5.69. The van der Waals surface area contributed by atoms with E-state index >= 15 is 0 Å². The quantitative estimate of drug-likeness (QED) is 0.550. The fourth-order valence-corrected chi connectivity index (χ4v) is 3.87. The van der Waals surface area contributed by atoms with Crippen LogP contribution < -0.4 is 27.4 Å². The van der Waals surface area contributed by atoms with E-state index in [1.54, 1.807) is 17.2 Å². The van der Waals surface area contributed by atoms with Gasteiger partial charge in [-0.1, -0.05) is 12.1 Å². The third kappa shape index (κ3) is 5.05. The van der Waals surface area contributed by atoms with E-state index in [-0.39, 0.29) is 11.8 Å². The predicted octanol–water partition coefficient (Wildman–Crippen LogP) is 0.497. The van der Waals surface area contributed by atoms with Crippen LogP contribution in [0.25, 0.3) is 5.69 Å². The molecule has 9 nitrogen and oxygen atoms in total. The van der Waals surface area contributed by atoms with E-state index in [1.807, 2.05) is 24.3 Å². The normalized spacial score (nSPS) is 21.2. The number of hydrogen-bond acceptors (Lipinski definition) is 6. The molecule has 0 spiro atoms. The van der Waals surface area contributed by atoms with Crippen molar-refractivity contribution >= 4 is 11.8 Å². The number of rotatable bonds is 6. The van der Waals surface area contributed by atoms with Gasteiger partial charge in [0, 0.05) is 45.0 Å². The summed E-state index contributed by atoms with van der Waals surface area (Å²) in [6.07, 6.45) is 3.84. The Kier molecular flexibility index (Phi) is 6.41. The van der Waals surface area contributed by atoms with Crippen LogP contribution in [0.4, 0.5) is 10.6 Å². The van der Waals surface area contributed by atoms with Crippen molar-refractivity contribution in [3.8, 4) is 5.69 Å². The lowest BCUT2D eigenvalue weighted by Crippen LogP contribution is -2.48. The fourth-order valence-electron chi connectivity index (χ4n) is 3.87. The zero-order chi connectivity index (χ0) is 20.9. The van der Waals surface area contributed by atoms with Crippen LogP contribution in [0.15, 0.2) is 41.3 Å². The van der Waals surface area contributed by atoms with Crippen LogP contribution in [0, 0.1) is 5.92 Å². The zero-order valence-corrected chi connectivity index (χ0v) is 17.0. The number of nitrogens with one attached hydrogen (secondary N) is 3. The highest BCUT2D eigenvalue weighted by Crippen LogP contribution is 2.24. The van der Waals surface area contributed by atoms with Gasteiger partial charge in [0.1, 0.15) is 5.82 Å². The van der Waals surface area contributed by atoms with E-state index in [0.29, 0.717) is 25.0 Å². The first-order chi connectivity index (χ1) is 14.6. The number of nitrogens with two attached hydrogens (primary N) is 1. The van der Waals surface area contributed by atoms with Gasteiger partial charge in [0.2, 0.25) is 0 Å². The van der Waals surface area contributed by atoms with E-state index in [4.69, 9.17) is 5.73 Å². The van der Waals surface area contributed by atoms with Crippen LogP contribution in [-0.2, 0) is 6.54 Å². The van der Waals surface area contributed by atoms with Crippen LogP contribution in [-0.4, -0.2) is 59.2 Å². The van der Waals surface area contributed by atoms with Crippen molar-refractivity contribution in [2.24, 2.45) is 11.7 Å². The van der Waals surface area contributed by atoms with Crippen LogP contribution in [0.1, 0.15) is 18.4 Å². The van der Waals surface area contributed by atoms with Crippen molar-refractivity contribution in [2.45, 2.75) is 25.4 Å². The highest BCUT2D eigenvalue weighted by molar-refractivity contribution is 5.88. The molecule has 2 amide bonds. The molecule has 1 aliphatic carbocycles. The Balaban J connectivity index is 1.33. The number of benzene rings is 1. The summed E-state index contributed by atoms with van der Waals surface area (Å²) in [4.78, 5) is 30.4. The zero-order valence-electron chi connectivity index (χ0n) is 17.0. The smallest absolute Gasteiger partial charge is 0.328 e. The van der Waals surface area contributed by atoms with E-state index in [1.165, 1.54) is 4.57 Å². The minimum atomic E-state index is -0.430. The molecule has 2 heterocycles. The van der Waals surface area contributed by atoms with Crippen LogP contribution in [0.2, 0.25) is 0 Å². The molecule has 1 saturated heterocycles. The highest BCUT2D eigenvalue weighted by atomic mass is 16.2. The van der Waals surface area contributed by atoms with Gasteiger partial charge in [-0.2, -0.15) is 4.98 Å². The van der Waals surface area contributed by atoms with Gasteiger partial charge in [-0.25, -0.2) is 9.59 Å². The van der Waals surface area contributed by atoms with Crippen molar-refractivity contribution in [2.75, 3.05) is 38.0 Å². The second kappa shape index (κ2) is 9.38. The maximum atomic E-state index is 12.5. The lowest BCUT2D eigenvalue weighted by atomic mass is 9.81. The number of carbonyl (C=O) groups excluding carboxylic acids is 1. The summed E-state index contributed by atoms with van der Waals surface area (Å²) in [7, 11) is 0. The van der Waals surface area contributed by atoms with E-state index in [2.05, 4.69) is 20.9 Å². The molecule has 2 aliphatic rings. The SMILES string of the molecule is N[C@H]1C[C@@H](CNCc2ccc(-n3ccc(NC(=O)N4CCNCC4)nc3=O)cc2)C1. The molecule has 2 aromatic rings. The minimum absolute atomic E-state index is 0.234. The summed E-state index contributed by atoms with van der Waals surface area (Å²) in [5, 5.41) is 9.36. The molecule has 0 unspecified atom stereocenters. The maximum Gasteiger partial charge on any atom is 0.354 e. The van der Waals surface area contributed by atoms with Crippen molar-refractivity contribution in [1.29, 1.82) is 0 Å². The largest absolute Gasteiger partial charge is 0.354 e. The summed E-state index contributed by atoms with van der Waals surface area (Å²) in [5.41, 5.74) is 7.28. The molecule has 1 aromatic carbocycles. The number of amides is 2. The molecule has 1 aliphatic heterocycles. The predicted molar refractivity (Wildman–Crippen MR) is 116 cm³/mol. The molecule has 0 atom stereocenters. The molecular formula is C21H29N7O2. The Labute approximate surface area is 175 Å². The Morgan fingerprint density at radius 3 is 2.57 bits per heavy atom. The average Bonchev–Trinajstić information content (AvgIpc) is 2.74. The Hall–Kier alpha value is -2.75. The van der Waals surface area contributed by atoms with Gasteiger partial charge in [-0.15, -0.1) is 0 Å². The van der Waals surface area contributed by atoms with Gasteiger partial charge in [-0.3, -0.25) is 9.88 Å². The molecule has 1 saturated carbocycles. The standard InChI is InChI=1S/C21H29N7O2/c22-17-11-16(12-17)14-24-13-15-1-3-18(4-2-15)28-8-5-19(26-21(28)30)25-20(29)27-9-6-23-7-10-27/h1-5,8,16-17,23-24H,6-7,9-14,22H2,(H,25,26,29,30)/t16-,17+. The molecule has 2 fully saturated rings. The van der Waals surface area contributed by atoms with Gasteiger partial charge in [0.25, 0.3) is 0 Å². The second-order valence-corrected chi connectivity index (χ2v) is 8.03. The van der Waals surface area contributed by atoms with E-state index in [0.717, 1.165) is 50.3 Å². The Morgan fingerprint density at radius 1 is 1.17 bits per heavy atom. The summed E-state index contributed by atoms with van der Waals surface area (Å²) < 4.78 is 1.47. The fraction of sp³-hybridized carbons (Fsp3) is 0.476. The molecule has 160 valence electrons. The van der Waals surface area contributed by atoms with Gasteiger partial charge in [0.05, 0.1) is 5.69 Å². The summed E-state index contributed by atoms with van der Waals surface area (Å²) in [6.45, 7) is 4.58. The Morgan fingerprint density at radius 2 is 1.90 bits per heavy atom. The van der Waals surface area contributed by atoms with Crippen LogP contribution >= 0.6 is 0 Å². The first kappa shape index (κ1) is 20.5. The third-order valence-corrected chi connectivity index (χ3v) is 5.69. The molecule has 5 N–H and O–H groups in total. The molecule has 0 radical (unpaired) electrons. The number of carbonyl (C=O) groups is 1. The Bertz CT molecular complexity index is 916. The second-order valence-electron chi connectivity index (χ2n) is 8.03. The number of urea groups is 1. The summed E-state index contributed by atoms with van der Waals surface area (Å²) >= 11 is 0. The van der Waals surface area contributed by atoms with Crippen molar-refractivity contribution < 1.29 is 4.79 Å². The molecule has 4 rings (SSSR count). The highest BCUT2D eigenvalue weighted by Gasteiger charge is 2.24. The van der Waals surface area contributed by atoms with Crippen LogP contribution in [0.5, 0.6) is 0 Å². The summed E-state index contributed by atoms with van der Waals surface area (Å²) in [6, 6.07) is 9.59. The number of nitrogens with zero attached hydrogens (tertiary/aromatic N) is 3. The average molecular weight is 412 g/mol. The topological polar surface area (TPSA) is 117 Å². The number of hydrogen-bond donors (Lipinski definition) is 4. The first-order valence-electron chi connectivity index (χ1n) is 10.5. The number of piperazine rings is 1. The van der Waals surface area contributed by atoms with Gasteiger partial charge < -0.3 is 21.3 Å². The molecular weight excluding hydrogens is 382 g/mol. The number of aromatic nitrogens is 2. The van der Waals surface area contributed by atoms with Crippen molar-refractivity contribution in [3.05, 3.63) is 52.6 Å². The lowest BCUT2D eigenvalue weighted by molar-refractivity contribution is 0.204. The van der Waals surface area contributed by atoms with Crippen LogP contribution in [0.3, 0.4) is 0 Å². The molecule has 30 heavy (non-hydrogen) atoms. The minimum Gasteiger partial charge on any atom is -0.328 e. The van der Waals surface area contributed by atoms with Gasteiger partial charge >= 0.3 is 11.7 Å². The van der Waals surface area contributed by atoms with Crippen molar-refractivity contribution in [3.63, 3.8) is 0 Å². The molecule has 0 bridgehead atoms. The maximum absolute atomic E-state index is 12.5. The van der Waals surface area contributed by atoms with E-state index in [9.17, 15) is 9.59 Å². The molecule has 9 heteroatoms. The van der Waals surface area contributed by atoms with E-state index < -0.39 is 5.69 Å². The van der Waals surface area contributed by atoms with Gasteiger partial charge in [0.15, 0.2) is 0 Å². The summed E-state index contributed by atoms with van der Waals surface area (Å²) in [5.74, 6) is 0.950. The number of anilines is 1. The monoisotopic (exact) mass is 411 g/mol. The lowest BCUT2D eigenvalue weighted by Gasteiger charge is -2.32. The molecule has 1 aromatic heterocycles.